The molecular weight excluding hydrogens is 268 g/mol. The van der Waals surface area contributed by atoms with Gasteiger partial charge in [0.15, 0.2) is 18.1 Å². The molecule has 1 amide bonds. The smallest absolute Gasteiger partial charge is 0.257 e. The zero-order chi connectivity index (χ0) is 15.1. The van der Waals surface area contributed by atoms with Gasteiger partial charge in [0.2, 0.25) is 0 Å². The van der Waals surface area contributed by atoms with E-state index >= 15 is 0 Å². The molecule has 1 saturated carbocycles. The van der Waals surface area contributed by atoms with Crippen LogP contribution >= 0.6 is 0 Å². The van der Waals surface area contributed by atoms with Crippen molar-refractivity contribution in [1.82, 2.24) is 5.32 Å². The van der Waals surface area contributed by atoms with Gasteiger partial charge in [0.1, 0.15) is 0 Å². The number of carbonyl (C=O) groups is 1. The van der Waals surface area contributed by atoms with Crippen LogP contribution in [0.25, 0.3) is 0 Å². The average molecular weight is 292 g/mol. The molecule has 0 bridgehead atoms. The fourth-order valence-electron chi connectivity index (χ4n) is 2.04. The van der Waals surface area contributed by atoms with Crippen molar-refractivity contribution in [2.75, 3.05) is 26.3 Å². The van der Waals surface area contributed by atoms with Crippen LogP contribution in [-0.4, -0.2) is 32.2 Å². The summed E-state index contributed by atoms with van der Waals surface area (Å²) in [5.41, 5.74) is 6.66. The van der Waals surface area contributed by atoms with E-state index < -0.39 is 0 Å². The van der Waals surface area contributed by atoms with Gasteiger partial charge in [-0.25, -0.2) is 0 Å². The molecule has 1 aliphatic carbocycles. The second-order valence-electron chi connectivity index (χ2n) is 5.29. The minimum Gasteiger partial charge on any atom is -0.490 e. The Labute approximate surface area is 125 Å². The number of benzene rings is 1. The number of amides is 1. The number of hydrogen-bond donors (Lipinski definition) is 2. The molecule has 3 N–H and O–H groups in total. The Morgan fingerprint density at radius 3 is 2.81 bits per heavy atom. The molecule has 0 radical (unpaired) electrons. The third kappa shape index (κ3) is 5.27. The molecule has 0 saturated heterocycles. The highest BCUT2D eigenvalue weighted by Gasteiger charge is 2.21. The van der Waals surface area contributed by atoms with Gasteiger partial charge in [0.25, 0.3) is 5.91 Å². The van der Waals surface area contributed by atoms with Crippen molar-refractivity contribution in [2.24, 2.45) is 11.7 Å². The summed E-state index contributed by atoms with van der Waals surface area (Å²) in [6.07, 6.45) is 3.23. The normalized spacial score (nSPS) is 13.8. The van der Waals surface area contributed by atoms with Crippen molar-refractivity contribution >= 4 is 5.91 Å². The Kier molecular flexibility index (Phi) is 5.87. The second kappa shape index (κ2) is 7.88. The van der Waals surface area contributed by atoms with Crippen molar-refractivity contribution in [1.29, 1.82) is 0 Å². The highest BCUT2D eigenvalue weighted by Crippen LogP contribution is 2.29. The molecule has 1 aromatic carbocycles. The third-order valence-electron chi connectivity index (χ3n) is 3.38. The van der Waals surface area contributed by atoms with Crippen LogP contribution < -0.4 is 20.5 Å². The van der Waals surface area contributed by atoms with Crippen LogP contribution in [0, 0.1) is 5.92 Å². The van der Waals surface area contributed by atoms with Gasteiger partial charge < -0.3 is 20.5 Å². The van der Waals surface area contributed by atoms with Gasteiger partial charge in [-0.05, 0) is 56.3 Å². The van der Waals surface area contributed by atoms with Gasteiger partial charge in [0.05, 0.1) is 6.61 Å². The van der Waals surface area contributed by atoms with Gasteiger partial charge in [-0.15, -0.1) is 0 Å². The van der Waals surface area contributed by atoms with Gasteiger partial charge in [-0.3, -0.25) is 4.79 Å². The number of nitrogens with one attached hydrogen (secondary N) is 1. The van der Waals surface area contributed by atoms with Crippen LogP contribution in [0.4, 0.5) is 0 Å². The molecule has 0 heterocycles. The van der Waals surface area contributed by atoms with Crippen molar-refractivity contribution in [3.8, 4) is 11.5 Å². The van der Waals surface area contributed by atoms with Crippen LogP contribution in [0.2, 0.25) is 0 Å². The van der Waals surface area contributed by atoms with E-state index in [-0.39, 0.29) is 12.5 Å². The zero-order valence-electron chi connectivity index (χ0n) is 12.6. The molecule has 0 aliphatic heterocycles. The molecule has 0 spiro atoms. The molecule has 0 atom stereocenters. The molecule has 1 aromatic rings. The van der Waals surface area contributed by atoms with E-state index in [9.17, 15) is 4.79 Å². The number of hydrogen-bond acceptors (Lipinski definition) is 4. The molecule has 0 unspecified atom stereocenters. The molecule has 1 aliphatic rings. The van der Waals surface area contributed by atoms with E-state index in [1.54, 1.807) is 0 Å². The zero-order valence-corrected chi connectivity index (χ0v) is 12.6. The van der Waals surface area contributed by atoms with Crippen molar-refractivity contribution in [3.05, 3.63) is 23.8 Å². The second-order valence-corrected chi connectivity index (χ2v) is 5.29. The van der Waals surface area contributed by atoms with Crippen LogP contribution in [-0.2, 0) is 11.2 Å². The minimum atomic E-state index is -0.0876. The van der Waals surface area contributed by atoms with E-state index in [2.05, 4.69) is 5.32 Å². The number of nitrogens with two attached hydrogens (primary N) is 1. The SMILES string of the molecule is CCOc1cc(CCN)ccc1OCC(=O)NCC1CC1. The molecular formula is C16H24N2O3. The topological polar surface area (TPSA) is 73.6 Å². The van der Waals surface area contributed by atoms with Crippen molar-refractivity contribution in [2.45, 2.75) is 26.2 Å². The molecule has 1 fully saturated rings. The van der Waals surface area contributed by atoms with Crippen molar-refractivity contribution < 1.29 is 14.3 Å². The first-order valence-corrected chi connectivity index (χ1v) is 7.58. The maximum absolute atomic E-state index is 11.7. The van der Waals surface area contributed by atoms with E-state index in [1.807, 2.05) is 25.1 Å². The Morgan fingerprint density at radius 2 is 2.14 bits per heavy atom. The first kappa shape index (κ1) is 15.6. The van der Waals surface area contributed by atoms with Crippen molar-refractivity contribution in [3.63, 3.8) is 0 Å². The lowest BCUT2D eigenvalue weighted by Gasteiger charge is -2.13. The van der Waals surface area contributed by atoms with Crippen LogP contribution in [0.1, 0.15) is 25.3 Å². The quantitative estimate of drug-likeness (QED) is 0.723. The Morgan fingerprint density at radius 1 is 1.33 bits per heavy atom. The van der Waals surface area contributed by atoms with E-state index in [4.69, 9.17) is 15.2 Å². The third-order valence-corrected chi connectivity index (χ3v) is 3.38. The van der Waals surface area contributed by atoms with Gasteiger partial charge in [-0.2, -0.15) is 0 Å². The standard InChI is InChI=1S/C16H24N2O3/c1-2-20-15-9-12(7-8-17)5-6-14(15)21-11-16(19)18-10-13-3-4-13/h5-6,9,13H,2-4,7-8,10-11,17H2,1H3,(H,18,19). The van der Waals surface area contributed by atoms with Gasteiger partial charge in [-0.1, -0.05) is 6.07 Å². The highest BCUT2D eigenvalue weighted by atomic mass is 16.5. The molecule has 0 aromatic heterocycles. The lowest BCUT2D eigenvalue weighted by atomic mass is 10.1. The van der Waals surface area contributed by atoms with Gasteiger partial charge >= 0.3 is 0 Å². The van der Waals surface area contributed by atoms with Crippen LogP contribution in [0.15, 0.2) is 18.2 Å². The molecule has 5 heteroatoms. The summed E-state index contributed by atoms with van der Waals surface area (Å²) >= 11 is 0. The highest BCUT2D eigenvalue weighted by molar-refractivity contribution is 5.77. The summed E-state index contributed by atoms with van der Waals surface area (Å²) in [4.78, 5) is 11.7. The lowest BCUT2D eigenvalue weighted by molar-refractivity contribution is -0.123. The summed E-state index contributed by atoms with van der Waals surface area (Å²) in [7, 11) is 0. The predicted octanol–water partition coefficient (Wildman–Crippen LogP) is 1.49. The Hall–Kier alpha value is -1.75. The Balaban J connectivity index is 1.88. The molecule has 2 rings (SSSR count). The minimum absolute atomic E-state index is 0.0169. The maximum Gasteiger partial charge on any atom is 0.257 e. The van der Waals surface area contributed by atoms with Gasteiger partial charge in [0, 0.05) is 6.54 Å². The monoisotopic (exact) mass is 292 g/mol. The van der Waals surface area contributed by atoms with E-state index in [0.29, 0.717) is 30.6 Å². The molecule has 21 heavy (non-hydrogen) atoms. The van der Waals surface area contributed by atoms with E-state index in [1.165, 1.54) is 12.8 Å². The summed E-state index contributed by atoms with van der Waals surface area (Å²) < 4.78 is 11.1. The van der Waals surface area contributed by atoms with Crippen LogP contribution in [0.3, 0.4) is 0 Å². The summed E-state index contributed by atoms with van der Waals surface area (Å²) in [6.45, 7) is 3.84. The number of rotatable bonds is 9. The summed E-state index contributed by atoms with van der Waals surface area (Å²) in [6, 6.07) is 5.71. The maximum atomic E-state index is 11.7. The predicted molar refractivity (Wildman–Crippen MR) is 81.6 cm³/mol. The first-order chi connectivity index (χ1) is 10.2. The molecule has 116 valence electrons. The largest absolute Gasteiger partial charge is 0.490 e. The summed E-state index contributed by atoms with van der Waals surface area (Å²) in [5.74, 6) is 1.84. The number of carbonyl (C=O) groups excluding carboxylic acids is 1. The summed E-state index contributed by atoms with van der Waals surface area (Å²) in [5, 5.41) is 2.88. The first-order valence-electron chi connectivity index (χ1n) is 7.58. The Bertz CT molecular complexity index is 473. The van der Waals surface area contributed by atoms with E-state index in [0.717, 1.165) is 18.5 Å². The fourth-order valence-corrected chi connectivity index (χ4v) is 2.04. The number of ether oxygens (including phenoxy) is 2. The molecule has 5 nitrogen and oxygen atoms in total. The van der Waals surface area contributed by atoms with Crippen LogP contribution in [0.5, 0.6) is 11.5 Å². The average Bonchev–Trinajstić information content (AvgIpc) is 3.29. The lowest BCUT2D eigenvalue weighted by Crippen LogP contribution is -2.30. The fraction of sp³-hybridized carbons (Fsp3) is 0.562.